The van der Waals surface area contributed by atoms with Crippen LogP contribution in [0.15, 0.2) is 36.5 Å². The molecule has 0 saturated carbocycles. The monoisotopic (exact) mass is 353 g/mol. The summed E-state index contributed by atoms with van der Waals surface area (Å²) in [6.45, 7) is 10.7. The molecular weight excluding hydrogens is 326 g/mol. The lowest BCUT2D eigenvalue weighted by atomic mass is 9.85. The lowest BCUT2D eigenvalue weighted by Crippen LogP contribution is -2.50. The summed E-state index contributed by atoms with van der Waals surface area (Å²) in [5.74, 6) is 0.0442. The molecule has 0 unspecified atom stereocenters. The molecule has 0 bridgehead atoms. The number of carbonyl (C=O) groups excluding carboxylic acids is 2. The fourth-order valence-electron chi connectivity index (χ4n) is 3.29. The average molecular weight is 353 g/mol. The molecule has 138 valence electrons. The van der Waals surface area contributed by atoms with Crippen molar-refractivity contribution in [3.8, 4) is 0 Å². The van der Waals surface area contributed by atoms with E-state index >= 15 is 0 Å². The first-order valence-corrected chi connectivity index (χ1v) is 9.10. The lowest BCUT2D eigenvalue weighted by Gasteiger charge is -2.35. The zero-order chi connectivity index (χ0) is 18.9. The zero-order valence-corrected chi connectivity index (χ0v) is 16.0. The Hall–Kier alpha value is -2.56. The minimum Gasteiger partial charge on any atom is -0.357 e. The molecule has 1 N–H and O–H groups in total. The molecule has 3 rings (SSSR count). The molecule has 2 amide bonds. The van der Waals surface area contributed by atoms with Crippen molar-refractivity contribution in [3.63, 3.8) is 0 Å². The molecule has 0 spiro atoms. The molecule has 5 nitrogen and oxygen atoms in total. The normalized spacial score (nSPS) is 15.2. The van der Waals surface area contributed by atoms with E-state index in [-0.39, 0.29) is 17.2 Å². The molecule has 1 saturated heterocycles. The number of H-pyrrole nitrogens is 1. The molecule has 1 aliphatic rings. The van der Waals surface area contributed by atoms with Gasteiger partial charge in [0.15, 0.2) is 0 Å². The minimum absolute atomic E-state index is 0.00666. The van der Waals surface area contributed by atoms with Gasteiger partial charge in [-0.05, 0) is 41.7 Å². The maximum atomic E-state index is 12.9. The van der Waals surface area contributed by atoms with Gasteiger partial charge in [0.1, 0.15) is 5.69 Å². The molecule has 5 heteroatoms. The van der Waals surface area contributed by atoms with Gasteiger partial charge < -0.3 is 14.8 Å². The van der Waals surface area contributed by atoms with Crippen LogP contribution in [0, 0.1) is 6.92 Å². The van der Waals surface area contributed by atoms with Crippen LogP contribution in [-0.2, 0) is 5.41 Å². The van der Waals surface area contributed by atoms with Gasteiger partial charge in [-0.25, -0.2) is 0 Å². The predicted octanol–water partition coefficient (Wildman–Crippen LogP) is 3.22. The van der Waals surface area contributed by atoms with Gasteiger partial charge >= 0.3 is 0 Å². The summed E-state index contributed by atoms with van der Waals surface area (Å²) in [5, 5.41) is 0. The van der Waals surface area contributed by atoms with Crippen LogP contribution >= 0.6 is 0 Å². The summed E-state index contributed by atoms with van der Waals surface area (Å²) in [7, 11) is 0. The second kappa shape index (κ2) is 6.98. The Bertz CT molecular complexity index is 795. The molecule has 1 aliphatic heterocycles. The maximum absolute atomic E-state index is 12.9. The van der Waals surface area contributed by atoms with E-state index in [0.29, 0.717) is 31.9 Å². The Morgan fingerprint density at radius 3 is 2.08 bits per heavy atom. The molecule has 1 fully saturated rings. The molecule has 0 radical (unpaired) electrons. The highest BCUT2D eigenvalue weighted by Crippen LogP contribution is 2.25. The molecule has 0 atom stereocenters. The Kier molecular flexibility index (Phi) is 4.90. The Morgan fingerprint density at radius 1 is 0.962 bits per heavy atom. The third kappa shape index (κ3) is 3.66. The first-order chi connectivity index (χ1) is 12.3. The first-order valence-electron chi connectivity index (χ1n) is 9.10. The van der Waals surface area contributed by atoms with E-state index in [2.05, 4.69) is 31.8 Å². The van der Waals surface area contributed by atoms with Crippen LogP contribution in [0.1, 0.15) is 52.7 Å². The van der Waals surface area contributed by atoms with Gasteiger partial charge in [-0.15, -0.1) is 0 Å². The number of carbonyl (C=O) groups is 2. The summed E-state index contributed by atoms with van der Waals surface area (Å²) in [6.07, 6.45) is 1.75. The van der Waals surface area contributed by atoms with Crippen LogP contribution in [0.3, 0.4) is 0 Å². The number of nitrogens with one attached hydrogen (secondary N) is 1. The van der Waals surface area contributed by atoms with Gasteiger partial charge in [0.05, 0.1) is 0 Å². The van der Waals surface area contributed by atoms with Crippen molar-refractivity contribution in [2.75, 3.05) is 26.2 Å². The number of piperazine rings is 1. The van der Waals surface area contributed by atoms with Gasteiger partial charge in [-0.2, -0.15) is 0 Å². The topological polar surface area (TPSA) is 56.4 Å². The fraction of sp³-hybridized carbons (Fsp3) is 0.429. The van der Waals surface area contributed by atoms with Gasteiger partial charge in [0.2, 0.25) is 0 Å². The summed E-state index contributed by atoms with van der Waals surface area (Å²) in [4.78, 5) is 31.9. The highest BCUT2D eigenvalue weighted by atomic mass is 16.2. The number of benzene rings is 1. The molecule has 0 aliphatic carbocycles. The number of aromatic amines is 1. The predicted molar refractivity (Wildman–Crippen MR) is 102 cm³/mol. The number of aryl methyl sites for hydroxylation is 1. The minimum atomic E-state index is -0.00666. The van der Waals surface area contributed by atoms with Crippen LogP contribution in [0.2, 0.25) is 0 Å². The second-order valence-electron chi connectivity index (χ2n) is 7.95. The van der Waals surface area contributed by atoms with Gasteiger partial charge in [-0.1, -0.05) is 32.9 Å². The smallest absolute Gasteiger partial charge is 0.270 e. The highest BCUT2D eigenvalue weighted by Gasteiger charge is 2.27. The van der Waals surface area contributed by atoms with Crippen molar-refractivity contribution >= 4 is 11.8 Å². The number of hydrogen-bond donors (Lipinski definition) is 1. The average Bonchev–Trinajstić information content (AvgIpc) is 3.14. The van der Waals surface area contributed by atoms with Crippen molar-refractivity contribution in [1.82, 2.24) is 14.8 Å². The standard InChI is InChI=1S/C21H27N3O2/c1-15-14-16(21(2,3)4)7-8-17(15)19(25)23-10-12-24(13-11-23)20(26)18-6-5-9-22-18/h5-9,14,22H,10-13H2,1-4H3. The van der Waals surface area contributed by atoms with Crippen molar-refractivity contribution < 1.29 is 9.59 Å². The first kappa shape index (κ1) is 18.2. The van der Waals surface area contributed by atoms with Crippen LogP contribution < -0.4 is 0 Å². The van der Waals surface area contributed by atoms with Crippen molar-refractivity contribution in [2.24, 2.45) is 0 Å². The van der Waals surface area contributed by atoms with E-state index in [1.54, 1.807) is 17.2 Å². The summed E-state index contributed by atoms with van der Waals surface area (Å²) >= 11 is 0. The Morgan fingerprint density at radius 2 is 1.58 bits per heavy atom. The van der Waals surface area contributed by atoms with Gasteiger partial charge in [0, 0.05) is 37.9 Å². The van der Waals surface area contributed by atoms with Crippen LogP contribution in [0.25, 0.3) is 0 Å². The summed E-state index contributed by atoms with van der Waals surface area (Å²) in [5.41, 5.74) is 3.65. The molecule has 26 heavy (non-hydrogen) atoms. The van der Waals surface area contributed by atoms with E-state index in [1.807, 2.05) is 30.0 Å². The van der Waals surface area contributed by atoms with E-state index in [1.165, 1.54) is 5.56 Å². The maximum Gasteiger partial charge on any atom is 0.270 e. The Balaban J connectivity index is 1.66. The Labute approximate surface area is 155 Å². The van der Waals surface area contributed by atoms with Gasteiger partial charge in [-0.3, -0.25) is 9.59 Å². The van der Waals surface area contributed by atoms with Crippen LogP contribution in [0.5, 0.6) is 0 Å². The van der Waals surface area contributed by atoms with E-state index in [4.69, 9.17) is 0 Å². The molecule has 2 heterocycles. The fourth-order valence-corrected chi connectivity index (χ4v) is 3.29. The number of aromatic nitrogens is 1. The molecular formula is C21H27N3O2. The SMILES string of the molecule is Cc1cc(C(C)(C)C)ccc1C(=O)N1CCN(C(=O)c2ccc[nH]2)CC1. The van der Waals surface area contributed by atoms with Gasteiger partial charge in [0.25, 0.3) is 11.8 Å². The third-order valence-corrected chi connectivity index (χ3v) is 5.01. The van der Waals surface area contributed by atoms with Crippen LogP contribution in [-0.4, -0.2) is 52.8 Å². The highest BCUT2D eigenvalue weighted by molar-refractivity contribution is 5.96. The van der Waals surface area contributed by atoms with Crippen molar-refractivity contribution in [1.29, 1.82) is 0 Å². The van der Waals surface area contributed by atoms with E-state index in [0.717, 1.165) is 11.1 Å². The number of amides is 2. The van der Waals surface area contributed by atoms with E-state index < -0.39 is 0 Å². The van der Waals surface area contributed by atoms with Crippen LogP contribution in [0.4, 0.5) is 0 Å². The van der Waals surface area contributed by atoms with E-state index in [9.17, 15) is 9.59 Å². The largest absolute Gasteiger partial charge is 0.357 e. The second-order valence-corrected chi connectivity index (χ2v) is 7.95. The number of hydrogen-bond acceptors (Lipinski definition) is 2. The quantitative estimate of drug-likeness (QED) is 0.901. The zero-order valence-electron chi connectivity index (χ0n) is 16.0. The summed E-state index contributed by atoms with van der Waals surface area (Å²) in [6, 6.07) is 9.69. The third-order valence-electron chi connectivity index (χ3n) is 5.01. The molecule has 1 aromatic carbocycles. The number of nitrogens with zero attached hydrogens (tertiary/aromatic N) is 2. The molecule has 2 aromatic rings. The van der Waals surface area contributed by atoms with Crippen molar-refractivity contribution in [3.05, 3.63) is 58.9 Å². The number of rotatable bonds is 2. The lowest BCUT2D eigenvalue weighted by molar-refractivity contribution is 0.0532. The van der Waals surface area contributed by atoms with Crippen molar-refractivity contribution in [2.45, 2.75) is 33.1 Å². The summed E-state index contributed by atoms with van der Waals surface area (Å²) < 4.78 is 0. The molecule has 1 aromatic heterocycles.